The van der Waals surface area contributed by atoms with E-state index in [1.54, 1.807) is 0 Å². The predicted octanol–water partition coefficient (Wildman–Crippen LogP) is 1.30. The fourth-order valence-corrected chi connectivity index (χ4v) is 2.11. The van der Waals surface area contributed by atoms with Crippen molar-refractivity contribution < 1.29 is 9.50 Å². The monoisotopic (exact) mass is 240 g/mol. The van der Waals surface area contributed by atoms with Gasteiger partial charge in [0.15, 0.2) is 11.6 Å². The van der Waals surface area contributed by atoms with Gasteiger partial charge in [-0.1, -0.05) is 19.3 Å². The van der Waals surface area contributed by atoms with Gasteiger partial charge in [-0.25, -0.2) is 9.37 Å². The molecule has 1 aliphatic carbocycles. The minimum Gasteiger partial charge on any atom is -0.391 e. The van der Waals surface area contributed by atoms with Crippen molar-refractivity contribution in [2.45, 2.75) is 44.2 Å². The first-order valence-electron chi connectivity index (χ1n) is 5.89. The van der Waals surface area contributed by atoms with Crippen molar-refractivity contribution in [1.82, 2.24) is 9.97 Å². The predicted molar refractivity (Wildman–Crippen MR) is 62.9 cm³/mol. The van der Waals surface area contributed by atoms with E-state index in [9.17, 15) is 9.50 Å². The third-order valence-electron chi connectivity index (χ3n) is 3.06. The fraction of sp³-hybridized carbons (Fsp3) is 0.636. The first kappa shape index (κ1) is 12.0. The Morgan fingerprint density at radius 3 is 2.94 bits per heavy atom. The lowest BCUT2D eigenvalue weighted by Crippen LogP contribution is -2.33. The molecule has 1 fully saturated rings. The minimum atomic E-state index is -0.546. The third kappa shape index (κ3) is 3.03. The molecule has 2 unspecified atom stereocenters. The number of aliphatic hydroxyl groups excluding tert-OH is 1. The van der Waals surface area contributed by atoms with Gasteiger partial charge in [0.25, 0.3) is 0 Å². The molecule has 1 aliphatic rings. The van der Waals surface area contributed by atoms with E-state index in [-0.39, 0.29) is 17.8 Å². The van der Waals surface area contributed by atoms with E-state index in [4.69, 9.17) is 5.73 Å². The highest BCUT2D eigenvalue weighted by Crippen LogP contribution is 2.22. The molecule has 2 atom stereocenters. The summed E-state index contributed by atoms with van der Waals surface area (Å²) in [5.41, 5.74) is 5.41. The van der Waals surface area contributed by atoms with E-state index in [1.807, 2.05) is 0 Å². The molecule has 0 radical (unpaired) electrons. The van der Waals surface area contributed by atoms with Crippen LogP contribution in [0, 0.1) is 5.82 Å². The summed E-state index contributed by atoms with van der Waals surface area (Å²) in [4.78, 5) is 7.36. The first-order chi connectivity index (χ1) is 8.16. The van der Waals surface area contributed by atoms with Gasteiger partial charge in [-0.3, -0.25) is 0 Å². The van der Waals surface area contributed by atoms with Gasteiger partial charge in [0.2, 0.25) is 5.95 Å². The highest BCUT2D eigenvalue weighted by Gasteiger charge is 2.22. The van der Waals surface area contributed by atoms with Crippen LogP contribution in [0.3, 0.4) is 0 Å². The zero-order chi connectivity index (χ0) is 12.3. The van der Waals surface area contributed by atoms with E-state index < -0.39 is 11.9 Å². The molecule has 0 spiro atoms. The number of halogens is 1. The second-order valence-electron chi connectivity index (χ2n) is 4.38. The molecule has 1 aromatic rings. The molecular formula is C11H17FN4O. The lowest BCUT2D eigenvalue weighted by Gasteiger charge is -2.22. The van der Waals surface area contributed by atoms with Crippen molar-refractivity contribution in [2.75, 3.05) is 11.1 Å². The topological polar surface area (TPSA) is 84.1 Å². The van der Waals surface area contributed by atoms with Gasteiger partial charge in [-0.2, -0.15) is 4.98 Å². The third-order valence-corrected chi connectivity index (χ3v) is 3.06. The van der Waals surface area contributed by atoms with Crippen molar-refractivity contribution in [3.8, 4) is 0 Å². The maximum absolute atomic E-state index is 13.4. The summed E-state index contributed by atoms with van der Waals surface area (Å²) in [7, 11) is 0. The highest BCUT2D eigenvalue weighted by atomic mass is 19.1. The molecule has 0 bridgehead atoms. The van der Waals surface area contributed by atoms with E-state index in [2.05, 4.69) is 15.3 Å². The smallest absolute Gasteiger partial charge is 0.222 e. The molecule has 5 nitrogen and oxygen atoms in total. The van der Waals surface area contributed by atoms with Crippen molar-refractivity contribution in [3.63, 3.8) is 0 Å². The van der Waals surface area contributed by atoms with Crippen LogP contribution in [-0.4, -0.2) is 27.2 Å². The number of hydrogen-bond donors (Lipinski definition) is 3. The number of nitrogens with one attached hydrogen (secondary N) is 1. The van der Waals surface area contributed by atoms with Gasteiger partial charge >= 0.3 is 0 Å². The molecule has 1 saturated carbocycles. The molecule has 0 aliphatic heterocycles. The number of nitrogens with two attached hydrogens (primary N) is 1. The molecule has 1 aromatic heterocycles. The molecule has 94 valence electrons. The lowest BCUT2D eigenvalue weighted by atomic mass is 10.1. The van der Waals surface area contributed by atoms with Crippen LogP contribution in [0.1, 0.15) is 32.1 Å². The Bertz CT molecular complexity index is 388. The van der Waals surface area contributed by atoms with Crippen LogP contribution in [0.15, 0.2) is 6.20 Å². The van der Waals surface area contributed by atoms with Crippen LogP contribution in [0.4, 0.5) is 16.2 Å². The lowest BCUT2D eigenvalue weighted by molar-refractivity contribution is 0.144. The van der Waals surface area contributed by atoms with Crippen LogP contribution in [0.25, 0.3) is 0 Å². The molecule has 2 rings (SSSR count). The van der Waals surface area contributed by atoms with Gasteiger partial charge < -0.3 is 16.2 Å². The average molecular weight is 240 g/mol. The largest absolute Gasteiger partial charge is 0.391 e. The summed E-state index contributed by atoms with van der Waals surface area (Å²) >= 11 is 0. The fourth-order valence-electron chi connectivity index (χ4n) is 2.11. The van der Waals surface area contributed by atoms with Crippen LogP contribution < -0.4 is 11.1 Å². The van der Waals surface area contributed by atoms with Crippen LogP contribution >= 0.6 is 0 Å². The van der Waals surface area contributed by atoms with E-state index >= 15 is 0 Å². The van der Waals surface area contributed by atoms with Crippen molar-refractivity contribution in [2.24, 2.45) is 0 Å². The molecule has 4 N–H and O–H groups in total. The number of anilines is 2. The van der Waals surface area contributed by atoms with E-state index in [0.717, 1.165) is 38.3 Å². The maximum atomic E-state index is 13.4. The number of nitrogens with zero attached hydrogens (tertiary/aromatic N) is 2. The Labute approximate surface area is 99.3 Å². The van der Waals surface area contributed by atoms with Gasteiger partial charge in [0, 0.05) is 0 Å². The standard InChI is InChI=1S/C11H17FN4O/c12-7-6-14-11(13)16-10(7)15-8-4-2-1-3-5-9(8)17/h6,8-9,17H,1-5H2,(H3,13,14,15,16). The van der Waals surface area contributed by atoms with E-state index in [1.165, 1.54) is 0 Å². The van der Waals surface area contributed by atoms with Gasteiger partial charge in [0.05, 0.1) is 18.3 Å². The molecule has 1 heterocycles. The van der Waals surface area contributed by atoms with Crippen molar-refractivity contribution in [1.29, 1.82) is 0 Å². The molecule has 0 amide bonds. The molecule has 6 heteroatoms. The zero-order valence-corrected chi connectivity index (χ0v) is 9.56. The van der Waals surface area contributed by atoms with Crippen LogP contribution in [0.5, 0.6) is 0 Å². The zero-order valence-electron chi connectivity index (χ0n) is 9.56. The Balaban J connectivity index is 2.10. The molecule has 0 saturated heterocycles. The summed E-state index contributed by atoms with van der Waals surface area (Å²) in [6.45, 7) is 0. The summed E-state index contributed by atoms with van der Waals surface area (Å²) < 4.78 is 13.4. The number of aliphatic hydroxyl groups is 1. The number of rotatable bonds is 2. The average Bonchev–Trinajstić information content (AvgIpc) is 2.50. The normalized spacial score (nSPS) is 25.3. The van der Waals surface area contributed by atoms with Gasteiger partial charge in [-0.05, 0) is 12.8 Å². The van der Waals surface area contributed by atoms with Gasteiger partial charge in [0.1, 0.15) is 0 Å². The Morgan fingerprint density at radius 2 is 2.12 bits per heavy atom. The summed E-state index contributed by atoms with van der Waals surface area (Å²) in [6.07, 6.45) is 5.25. The summed E-state index contributed by atoms with van der Waals surface area (Å²) in [5, 5.41) is 12.8. The van der Waals surface area contributed by atoms with E-state index in [0.29, 0.717) is 0 Å². The highest BCUT2D eigenvalue weighted by molar-refractivity contribution is 5.40. The first-order valence-corrected chi connectivity index (χ1v) is 5.89. The molecule has 0 aromatic carbocycles. The minimum absolute atomic E-state index is 0.0250. The number of hydrogen-bond acceptors (Lipinski definition) is 5. The quantitative estimate of drug-likeness (QED) is 0.679. The van der Waals surface area contributed by atoms with Crippen LogP contribution in [-0.2, 0) is 0 Å². The number of aromatic nitrogens is 2. The molecule has 17 heavy (non-hydrogen) atoms. The second kappa shape index (κ2) is 5.27. The Morgan fingerprint density at radius 1 is 1.35 bits per heavy atom. The Hall–Kier alpha value is -1.43. The Kier molecular flexibility index (Phi) is 3.73. The summed E-state index contributed by atoms with van der Waals surface area (Å²) in [5.74, 6) is -0.448. The SMILES string of the molecule is Nc1ncc(F)c(NC2CCCCCC2O)n1. The number of nitrogen functional groups attached to an aromatic ring is 1. The van der Waals surface area contributed by atoms with Crippen molar-refractivity contribution >= 4 is 11.8 Å². The maximum Gasteiger partial charge on any atom is 0.222 e. The van der Waals surface area contributed by atoms with Crippen LogP contribution in [0.2, 0.25) is 0 Å². The van der Waals surface area contributed by atoms with Crippen molar-refractivity contribution in [3.05, 3.63) is 12.0 Å². The molecular weight excluding hydrogens is 223 g/mol. The van der Waals surface area contributed by atoms with Gasteiger partial charge in [-0.15, -0.1) is 0 Å². The summed E-state index contributed by atoms with van der Waals surface area (Å²) in [6, 6.07) is -0.165. The second-order valence-corrected chi connectivity index (χ2v) is 4.38.